The van der Waals surface area contributed by atoms with E-state index in [4.69, 9.17) is 19.2 Å². The number of para-hydroxylation sites is 1. The van der Waals surface area contributed by atoms with Crippen LogP contribution in [0, 0.1) is 0 Å². The molecule has 158 valence electrons. The number of nitrogens with zero attached hydrogens (tertiary/aromatic N) is 3. The van der Waals surface area contributed by atoms with Gasteiger partial charge in [0.25, 0.3) is 5.91 Å². The van der Waals surface area contributed by atoms with E-state index in [9.17, 15) is 0 Å². The molecule has 6 nitrogen and oxygen atoms in total. The molecular formula is C23H33N3O3. The van der Waals surface area contributed by atoms with Crippen molar-refractivity contribution in [2.75, 3.05) is 13.2 Å². The lowest BCUT2D eigenvalue weighted by molar-refractivity contribution is -0.270. The molecule has 0 radical (unpaired) electrons. The van der Waals surface area contributed by atoms with E-state index in [1.54, 1.807) is 10.9 Å². The molecule has 0 amide bonds. The summed E-state index contributed by atoms with van der Waals surface area (Å²) in [4.78, 5) is 4.86. The van der Waals surface area contributed by atoms with Gasteiger partial charge in [-0.3, -0.25) is 0 Å². The Morgan fingerprint density at radius 2 is 2.07 bits per heavy atom. The summed E-state index contributed by atoms with van der Waals surface area (Å²) < 4.78 is 20.1. The van der Waals surface area contributed by atoms with Gasteiger partial charge in [-0.05, 0) is 44.7 Å². The second-order valence-corrected chi connectivity index (χ2v) is 7.47. The van der Waals surface area contributed by atoms with Crippen molar-refractivity contribution in [1.29, 1.82) is 0 Å². The van der Waals surface area contributed by atoms with Crippen LogP contribution >= 0.6 is 0 Å². The third kappa shape index (κ3) is 5.90. The summed E-state index contributed by atoms with van der Waals surface area (Å²) in [5, 5.41) is 5.31. The Kier molecular flexibility index (Phi) is 7.83. The van der Waals surface area contributed by atoms with Crippen molar-refractivity contribution in [3.63, 3.8) is 0 Å². The van der Waals surface area contributed by atoms with Crippen molar-refractivity contribution in [2.24, 2.45) is 4.99 Å². The van der Waals surface area contributed by atoms with E-state index >= 15 is 0 Å². The fraction of sp³-hybridized carbons (Fsp3) is 0.565. The van der Waals surface area contributed by atoms with Crippen molar-refractivity contribution in [2.45, 2.75) is 71.3 Å². The highest BCUT2D eigenvalue weighted by Gasteiger charge is 2.35. The van der Waals surface area contributed by atoms with Crippen molar-refractivity contribution < 1.29 is 14.2 Å². The first kappa shape index (κ1) is 21.5. The fourth-order valence-corrected chi connectivity index (χ4v) is 3.20. The summed E-state index contributed by atoms with van der Waals surface area (Å²) in [6, 6.07) is 11.9. The molecular weight excluding hydrogens is 366 g/mol. The van der Waals surface area contributed by atoms with E-state index in [0.717, 1.165) is 44.2 Å². The van der Waals surface area contributed by atoms with Gasteiger partial charge < -0.3 is 14.2 Å². The Morgan fingerprint density at radius 3 is 2.76 bits per heavy atom. The molecule has 1 aromatic heterocycles. The van der Waals surface area contributed by atoms with Gasteiger partial charge in [0.2, 0.25) is 5.88 Å². The smallest absolute Gasteiger partial charge is 0.270 e. The van der Waals surface area contributed by atoms with Gasteiger partial charge in [0, 0.05) is 12.5 Å². The monoisotopic (exact) mass is 399 g/mol. The second-order valence-electron chi connectivity index (χ2n) is 7.47. The van der Waals surface area contributed by atoms with Crippen LogP contribution in [0.4, 0.5) is 0 Å². The van der Waals surface area contributed by atoms with Gasteiger partial charge in [-0.1, -0.05) is 38.5 Å². The average Bonchev–Trinajstić information content (AvgIpc) is 2.75. The minimum atomic E-state index is -0.936. The van der Waals surface area contributed by atoms with Crippen molar-refractivity contribution >= 4 is 0 Å². The van der Waals surface area contributed by atoms with Crippen LogP contribution in [0.25, 0.3) is 5.69 Å². The van der Waals surface area contributed by atoms with Crippen LogP contribution in [0.3, 0.4) is 0 Å². The predicted molar refractivity (Wildman–Crippen MR) is 113 cm³/mol. The standard InChI is InChI=1S/C23H33N3O3/c1-4-6-15-27-22-17-20(18-24-26(22)21-12-8-7-9-13-21)25-23(29-19(3)5-2)14-10-11-16-28-23/h7-9,12-13,17-19H,4-6,10-11,14-16H2,1-3H3/b25-20-. The highest BCUT2D eigenvalue weighted by molar-refractivity contribution is 5.33. The van der Waals surface area contributed by atoms with Crippen molar-refractivity contribution in [1.82, 2.24) is 9.78 Å². The van der Waals surface area contributed by atoms with Crippen LogP contribution in [0.5, 0.6) is 5.88 Å². The molecule has 0 saturated carbocycles. The lowest BCUT2D eigenvalue weighted by Gasteiger charge is -2.35. The zero-order chi connectivity index (χ0) is 20.5. The Bertz CT molecular complexity index is 814. The Labute approximate surface area is 173 Å². The molecule has 29 heavy (non-hydrogen) atoms. The molecule has 2 heterocycles. The molecule has 0 N–H and O–H groups in total. The molecule has 1 fully saturated rings. The van der Waals surface area contributed by atoms with Crippen molar-refractivity contribution in [3.8, 4) is 11.6 Å². The van der Waals surface area contributed by atoms with Crippen LogP contribution in [-0.2, 0) is 9.47 Å². The molecule has 1 aliphatic rings. The molecule has 2 unspecified atom stereocenters. The van der Waals surface area contributed by atoms with E-state index in [0.29, 0.717) is 24.5 Å². The van der Waals surface area contributed by atoms with Crippen molar-refractivity contribution in [3.05, 3.63) is 48.0 Å². The van der Waals surface area contributed by atoms with Crippen LogP contribution in [0.2, 0.25) is 0 Å². The predicted octanol–water partition coefficient (Wildman–Crippen LogP) is 4.62. The number of aromatic nitrogens is 2. The summed E-state index contributed by atoms with van der Waals surface area (Å²) >= 11 is 0. The summed E-state index contributed by atoms with van der Waals surface area (Å²) in [6.45, 7) is 7.60. The average molecular weight is 400 g/mol. The van der Waals surface area contributed by atoms with E-state index in [2.05, 4.69) is 25.9 Å². The SMILES string of the molecule is CCCCOc1c/c(=N/C2(OC(C)CC)CCCCO2)cnn1-c1ccccc1. The third-order valence-electron chi connectivity index (χ3n) is 5.01. The van der Waals surface area contributed by atoms with Gasteiger partial charge in [0.15, 0.2) is 0 Å². The first-order valence-corrected chi connectivity index (χ1v) is 10.8. The van der Waals surface area contributed by atoms with Gasteiger partial charge in [0.1, 0.15) is 0 Å². The van der Waals surface area contributed by atoms with E-state index < -0.39 is 5.91 Å². The zero-order valence-electron chi connectivity index (χ0n) is 17.8. The molecule has 0 spiro atoms. The second kappa shape index (κ2) is 10.6. The maximum atomic E-state index is 6.22. The summed E-state index contributed by atoms with van der Waals surface area (Å²) in [5.41, 5.74) is 0.949. The molecule has 2 atom stereocenters. The first-order chi connectivity index (χ1) is 14.2. The Balaban J connectivity index is 1.97. The maximum absolute atomic E-state index is 6.22. The number of benzene rings is 1. The molecule has 1 aromatic carbocycles. The number of ether oxygens (including phenoxy) is 3. The number of hydrogen-bond donors (Lipinski definition) is 0. The van der Waals surface area contributed by atoms with Crippen LogP contribution < -0.4 is 10.1 Å². The van der Waals surface area contributed by atoms with E-state index in [1.807, 2.05) is 36.4 Å². The molecule has 1 saturated heterocycles. The third-order valence-corrected chi connectivity index (χ3v) is 5.01. The molecule has 0 aliphatic carbocycles. The minimum Gasteiger partial charge on any atom is -0.478 e. The van der Waals surface area contributed by atoms with Gasteiger partial charge in [0.05, 0.1) is 36.6 Å². The topological polar surface area (TPSA) is 57.9 Å². The van der Waals surface area contributed by atoms with E-state index in [1.165, 1.54) is 0 Å². The lowest BCUT2D eigenvalue weighted by atomic mass is 10.1. The largest absolute Gasteiger partial charge is 0.478 e. The summed E-state index contributed by atoms with van der Waals surface area (Å²) in [6.07, 6.45) is 7.60. The Morgan fingerprint density at radius 1 is 1.24 bits per heavy atom. The van der Waals surface area contributed by atoms with Crippen LogP contribution in [-0.4, -0.2) is 35.0 Å². The molecule has 6 heteroatoms. The highest BCUT2D eigenvalue weighted by atomic mass is 16.7. The van der Waals surface area contributed by atoms with E-state index in [-0.39, 0.29) is 6.10 Å². The molecule has 1 aliphatic heterocycles. The van der Waals surface area contributed by atoms with Gasteiger partial charge in [-0.25, -0.2) is 9.67 Å². The summed E-state index contributed by atoms with van der Waals surface area (Å²) in [5.74, 6) is -0.269. The molecule has 2 aromatic rings. The highest BCUT2D eigenvalue weighted by Crippen LogP contribution is 2.29. The summed E-state index contributed by atoms with van der Waals surface area (Å²) in [7, 11) is 0. The van der Waals surface area contributed by atoms with Gasteiger partial charge in [-0.15, -0.1) is 0 Å². The Hall–Kier alpha value is -2.18. The maximum Gasteiger partial charge on any atom is 0.270 e. The van der Waals surface area contributed by atoms with Gasteiger partial charge in [-0.2, -0.15) is 5.10 Å². The lowest BCUT2D eigenvalue weighted by Crippen LogP contribution is -2.41. The minimum absolute atomic E-state index is 0.0723. The number of rotatable bonds is 9. The zero-order valence-corrected chi connectivity index (χ0v) is 17.8. The quantitative estimate of drug-likeness (QED) is 0.577. The normalized spacial score (nSPS) is 21.1. The fourth-order valence-electron chi connectivity index (χ4n) is 3.20. The molecule has 0 bridgehead atoms. The van der Waals surface area contributed by atoms with Crippen LogP contribution in [0.1, 0.15) is 59.3 Å². The van der Waals surface area contributed by atoms with Crippen LogP contribution in [0.15, 0.2) is 47.6 Å². The molecule has 3 rings (SSSR count). The first-order valence-electron chi connectivity index (χ1n) is 10.8. The number of unbranched alkanes of at least 4 members (excludes halogenated alkanes) is 1. The van der Waals surface area contributed by atoms with Gasteiger partial charge >= 0.3 is 0 Å². The number of hydrogen-bond acceptors (Lipinski definition) is 5.